The van der Waals surface area contributed by atoms with E-state index in [1.807, 2.05) is 23.1 Å². The van der Waals surface area contributed by atoms with E-state index in [2.05, 4.69) is 70.8 Å². The van der Waals surface area contributed by atoms with Crippen LogP contribution in [0.1, 0.15) is 36.8 Å². The standard InChI is InChI=1S/C23H31N7/c1-19(2)22(23-25-26-27-30(23)12-10-20-7-4-3-5-8-20)29-15-13-28(14-16-29)18-21-9-6-11-24-17-21/h3-9,11,17,19,22H,10,12-16,18H2,1-2H3/p+2/t22-/m0/s1. The number of aromatic nitrogens is 5. The lowest BCUT2D eigenvalue weighted by molar-refractivity contribution is -1.03. The van der Waals surface area contributed by atoms with Crippen LogP contribution in [0.4, 0.5) is 0 Å². The van der Waals surface area contributed by atoms with Gasteiger partial charge in [0.15, 0.2) is 6.04 Å². The smallest absolute Gasteiger partial charge is 0.209 e. The van der Waals surface area contributed by atoms with Crippen molar-refractivity contribution < 1.29 is 9.80 Å². The molecule has 0 amide bonds. The molecule has 0 saturated carbocycles. The van der Waals surface area contributed by atoms with E-state index >= 15 is 0 Å². The van der Waals surface area contributed by atoms with Crippen LogP contribution in [0.25, 0.3) is 0 Å². The molecule has 3 heterocycles. The molecule has 7 heteroatoms. The molecule has 158 valence electrons. The summed E-state index contributed by atoms with van der Waals surface area (Å²) in [6.45, 7) is 11.1. The summed E-state index contributed by atoms with van der Waals surface area (Å²) in [5.74, 6) is 1.52. The molecule has 0 spiro atoms. The fourth-order valence-corrected chi connectivity index (χ4v) is 4.63. The van der Waals surface area contributed by atoms with Crippen molar-refractivity contribution in [3.05, 3.63) is 71.8 Å². The molecule has 1 atom stereocenters. The van der Waals surface area contributed by atoms with Gasteiger partial charge in [0.1, 0.15) is 32.7 Å². The zero-order valence-electron chi connectivity index (χ0n) is 18.0. The van der Waals surface area contributed by atoms with Gasteiger partial charge in [0.25, 0.3) is 0 Å². The number of nitrogens with zero attached hydrogens (tertiary/aromatic N) is 5. The van der Waals surface area contributed by atoms with E-state index in [0.29, 0.717) is 12.0 Å². The Kier molecular flexibility index (Phi) is 6.81. The van der Waals surface area contributed by atoms with Crippen LogP contribution in [-0.4, -0.2) is 51.4 Å². The van der Waals surface area contributed by atoms with Gasteiger partial charge in [-0.2, -0.15) is 0 Å². The minimum Gasteiger partial charge on any atom is -0.322 e. The van der Waals surface area contributed by atoms with Crippen molar-refractivity contribution in [2.45, 2.75) is 39.4 Å². The molecule has 1 aliphatic heterocycles. The highest BCUT2D eigenvalue weighted by Crippen LogP contribution is 2.16. The second kappa shape index (κ2) is 9.91. The summed E-state index contributed by atoms with van der Waals surface area (Å²) in [5.41, 5.74) is 2.64. The summed E-state index contributed by atoms with van der Waals surface area (Å²) >= 11 is 0. The van der Waals surface area contributed by atoms with E-state index in [9.17, 15) is 0 Å². The Labute approximate surface area is 178 Å². The summed E-state index contributed by atoms with van der Waals surface area (Å²) < 4.78 is 2.03. The monoisotopic (exact) mass is 407 g/mol. The van der Waals surface area contributed by atoms with Crippen molar-refractivity contribution >= 4 is 0 Å². The molecule has 0 bridgehead atoms. The molecule has 4 rings (SSSR count). The zero-order valence-corrected chi connectivity index (χ0v) is 18.0. The van der Waals surface area contributed by atoms with Crippen molar-refractivity contribution in [3.8, 4) is 0 Å². The second-order valence-electron chi connectivity index (χ2n) is 8.66. The molecule has 0 unspecified atom stereocenters. The van der Waals surface area contributed by atoms with Gasteiger partial charge in [0.2, 0.25) is 5.82 Å². The molecule has 3 aromatic rings. The van der Waals surface area contributed by atoms with Crippen LogP contribution >= 0.6 is 0 Å². The van der Waals surface area contributed by atoms with Gasteiger partial charge < -0.3 is 9.80 Å². The molecular formula is C23H33N7+2. The third-order valence-corrected chi connectivity index (χ3v) is 6.18. The normalized spacial score (nSPS) is 20.4. The topological polar surface area (TPSA) is 65.4 Å². The SMILES string of the molecule is CC(C)[C@@H](c1nnnn1CCc1ccccc1)[NH+]1CC[NH+](Cc2cccnc2)CC1. The van der Waals surface area contributed by atoms with Crippen LogP contribution in [0, 0.1) is 5.92 Å². The van der Waals surface area contributed by atoms with Crippen LogP contribution in [0.3, 0.4) is 0 Å². The number of quaternary nitrogens is 2. The minimum absolute atomic E-state index is 0.329. The molecular weight excluding hydrogens is 374 g/mol. The molecule has 0 aliphatic carbocycles. The molecule has 30 heavy (non-hydrogen) atoms. The Bertz CT molecular complexity index is 886. The van der Waals surface area contributed by atoms with Crippen LogP contribution in [0.5, 0.6) is 0 Å². The van der Waals surface area contributed by atoms with Crippen LogP contribution in [0.15, 0.2) is 54.9 Å². The van der Waals surface area contributed by atoms with Crippen LogP contribution in [0.2, 0.25) is 0 Å². The van der Waals surface area contributed by atoms with Gasteiger partial charge in [0.05, 0.1) is 0 Å². The van der Waals surface area contributed by atoms with Gasteiger partial charge in [-0.05, 0) is 28.5 Å². The first-order valence-electron chi connectivity index (χ1n) is 11.1. The second-order valence-corrected chi connectivity index (χ2v) is 8.66. The first-order chi connectivity index (χ1) is 14.7. The van der Waals surface area contributed by atoms with Gasteiger partial charge >= 0.3 is 0 Å². The summed E-state index contributed by atoms with van der Waals surface area (Å²) in [6, 6.07) is 15.1. The lowest BCUT2D eigenvalue weighted by atomic mass is 10.0. The van der Waals surface area contributed by atoms with Crippen molar-refractivity contribution in [3.63, 3.8) is 0 Å². The summed E-state index contributed by atoms with van der Waals surface area (Å²) in [6.07, 6.45) is 4.78. The Balaban J connectivity index is 1.39. The third-order valence-electron chi connectivity index (χ3n) is 6.18. The first kappa shape index (κ1) is 20.6. The predicted octanol–water partition coefficient (Wildman–Crippen LogP) is -0.00850. The summed E-state index contributed by atoms with van der Waals surface area (Å²) in [5, 5.41) is 12.8. The first-order valence-corrected chi connectivity index (χ1v) is 11.1. The van der Waals surface area contributed by atoms with Gasteiger partial charge in [-0.1, -0.05) is 50.2 Å². The van der Waals surface area contributed by atoms with Crippen LogP contribution in [-0.2, 0) is 19.5 Å². The number of rotatable bonds is 8. The Morgan fingerprint density at radius 1 is 0.967 bits per heavy atom. The number of benzene rings is 1. The number of hydrogen-bond acceptors (Lipinski definition) is 4. The van der Waals surface area contributed by atoms with E-state index in [4.69, 9.17) is 0 Å². The van der Waals surface area contributed by atoms with Crippen molar-refractivity contribution in [2.75, 3.05) is 26.2 Å². The molecule has 1 aromatic carbocycles. The number of aryl methyl sites for hydroxylation is 2. The summed E-state index contributed by atoms with van der Waals surface area (Å²) in [7, 11) is 0. The Hall–Kier alpha value is -2.64. The molecule has 1 aliphatic rings. The maximum atomic E-state index is 4.48. The van der Waals surface area contributed by atoms with Gasteiger partial charge in [-0.15, -0.1) is 5.10 Å². The van der Waals surface area contributed by atoms with Gasteiger partial charge in [-0.3, -0.25) is 4.98 Å². The summed E-state index contributed by atoms with van der Waals surface area (Å²) in [4.78, 5) is 7.50. The highest BCUT2D eigenvalue weighted by molar-refractivity contribution is 5.14. The van der Waals surface area contributed by atoms with Crippen molar-refractivity contribution in [1.82, 2.24) is 25.2 Å². The average Bonchev–Trinajstić information content (AvgIpc) is 3.23. The fourth-order valence-electron chi connectivity index (χ4n) is 4.63. The fraction of sp³-hybridized carbons (Fsp3) is 0.478. The average molecular weight is 408 g/mol. The highest BCUT2D eigenvalue weighted by atomic mass is 15.6. The van der Waals surface area contributed by atoms with Crippen molar-refractivity contribution in [2.24, 2.45) is 5.92 Å². The molecule has 1 fully saturated rings. The molecule has 7 nitrogen and oxygen atoms in total. The van der Waals surface area contributed by atoms with Crippen molar-refractivity contribution in [1.29, 1.82) is 0 Å². The highest BCUT2D eigenvalue weighted by Gasteiger charge is 2.36. The van der Waals surface area contributed by atoms with E-state index in [1.165, 1.54) is 24.2 Å². The predicted molar refractivity (Wildman–Crippen MR) is 115 cm³/mol. The maximum absolute atomic E-state index is 4.48. The number of nitrogens with one attached hydrogen (secondary N) is 2. The van der Waals surface area contributed by atoms with Gasteiger partial charge in [-0.25, -0.2) is 4.68 Å². The van der Waals surface area contributed by atoms with E-state index in [1.54, 1.807) is 9.80 Å². The molecule has 2 N–H and O–H groups in total. The van der Waals surface area contributed by atoms with Gasteiger partial charge in [0, 0.05) is 30.4 Å². The quantitative estimate of drug-likeness (QED) is 0.551. The number of piperazine rings is 1. The Morgan fingerprint density at radius 2 is 1.73 bits per heavy atom. The minimum atomic E-state index is 0.329. The molecule has 0 radical (unpaired) electrons. The number of tetrazole rings is 1. The molecule has 1 saturated heterocycles. The lowest BCUT2D eigenvalue weighted by Crippen LogP contribution is -3.27. The van der Waals surface area contributed by atoms with Crippen LogP contribution < -0.4 is 9.80 Å². The van der Waals surface area contributed by atoms with E-state index in [0.717, 1.165) is 38.4 Å². The van der Waals surface area contributed by atoms with E-state index < -0.39 is 0 Å². The maximum Gasteiger partial charge on any atom is 0.209 e. The zero-order chi connectivity index (χ0) is 20.8. The number of pyridine rings is 1. The molecule has 2 aromatic heterocycles. The Morgan fingerprint density at radius 3 is 2.43 bits per heavy atom. The largest absolute Gasteiger partial charge is 0.322 e. The third kappa shape index (κ3) is 5.09. The number of hydrogen-bond donors (Lipinski definition) is 2. The van der Waals surface area contributed by atoms with E-state index in [-0.39, 0.29) is 0 Å². The lowest BCUT2D eigenvalue weighted by Gasteiger charge is -2.35.